The molecule has 0 amide bonds. The van der Waals surface area contributed by atoms with Crippen LogP contribution in [0.2, 0.25) is 1.41 Å². The SMILES string of the molecule is [2H]C1=CN([2H])C([2H])(F)C([2H])([2H])C1([2H])Br. The average molecular weight is 186 g/mol. The van der Waals surface area contributed by atoms with E-state index in [2.05, 4.69) is 15.9 Å². The maximum absolute atomic E-state index is 13.5. The van der Waals surface area contributed by atoms with Crippen molar-refractivity contribution < 1.29 is 12.7 Å². The van der Waals surface area contributed by atoms with Crippen LogP contribution in [0.1, 0.15) is 13.2 Å². The van der Waals surface area contributed by atoms with Crippen LogP contribution in [-0.4, -0.2) is 11.1 Å². The van der Waals surface area contributed by atoms with Crippen molar-refractivity contribution in [3.8, 4) is 0 Å². The summed E-state index contributed by atoms with van der Waals surface area (Å²) >= 11 is 2.55. The van der Waals surface area contributed by atoms with Gasteiger partial charge in [0.05, 0.1) is 2.74 Å². The number of alkyl halides is 2. The van der Waals surface area contributed by atoms with Crippen LogP contribution >= 0.6 is 15.9 Å². The van der Waals surface area contributed by atoms with E-state index >= 15 is 0 Å². The molecule has 0 radical (unpaired) electrons. The Kier molecular flexibility index (Phi) is 0.613. The van der Waals surface area contributed by atoms with Gasteiger partial charge in [-0.2, -0.15) is 0 Å². The lowest BCUT2D eigenvalue weighted by Crippen LogP contribution is -2.25. The largest absolute Gasteiger partial charge is 0.362 e. The zero-order valence-electron chi connectivity index (χ0n) is 9.78. The Morgan fingerprint density at radius 1 is 2.38 bits per heavy atom. The van der Waals surface area contributed by atoms with Crippen molar-refractivity contribution in [2.45, 2.75) is 17.4 Å². The van der Waals surface area contributed by atoms with Gasteiger partial charge in [-0.05, 0) is 6.20 Å². The number of hydrogen-bond acceptors (Lipinski definition) is 1. The Morgan fingerprint density at radius 3 is 3.88 bits per heavy atom. The predicted octanol–water partition coefficient (Wildman–Crippen LogP) is 1.55. The van der Waals surface area contributed by atoms with E-state index in [1.165, 1.54) is 0 Å². The number of halogens is 2. The smallest absolute Gasteiger partial charge is 0.171 e. The summed E-state index contributed by atoms with van der Waals surface area (Å²) in [5.41, 5.74) is 0. The third-order valence-corrected chi connectivity index (χ3v) is 1.01. The van der Waals surface area contributed by atoms with Gasteiger partial charge in [0.15, 0.2) is 7.68 Å². The van der Waals surface area contributed by atoms with E-state index in [0.717, 1.165) is 0 Å². The van der Waals surface area contributed by atoms with Gasteiger partial charge < -0.3 is 5.31 Å². The molecule has 0 spiro atoms. The molecule has 1 rings (SSSR count). The van der Waals surface area contributed by atoms with Crippen molar-refractivity contribution >= 4 is 15.9 Å². The quantitative estimate of drug-likeness (QED) is 0.447. The topological polar surface area (TPSA) is 12.0 Å². The number of nitrogens with one attached hydrogen (secondary N) is 1. The van der Waals surface area contributed by atoms with Crippen LogP contribution < -0.4 is 5.31 Å². The molecule has 0 bridgehead atoms. The second-order valence-electron chi connectivity index (χ2n) is 1.13. The van der Waals surface area contributed by atoms with E-state index in [-0.39, 0.29) is 5.31 Å². The molecule has 8 heavy (non-hydrogen) atoms. The van der Waals surface area contributed by atoms with Crippen molar-refractivity contribution in [3.63, 3.8) is 0 Å². The van der Waals surface area contributed by atoms with Crippen molar-refractivity contribution in [1.82, 2.24) is 5.31 Å². The van der Waals surface area contributed by atoms with Gasteiger partial charge in [0.1, 0.15) is 0 Å². The first kappa shape index (κ1) is 1.97. The second-order valence-corrected chi connectivity index (χ2v) is 1.93. The zero-order chi connectivity index (χ0) is 11.4. The summed E-state index contributed by atoms with van der Waals surface area (Å²) in [6, 6.07) is -0.613. The van der Waals surface area contributed by atoms with Gasteiger partial charge in [-0.15, -0.1) is 0 Å². The summed E-state index contributed by atoms with van der Waals surface area (Å²) in [7, 11) is 0. The summed E-state index contributed by atoms with van der Waals surface area (Å²) < 4.78 is 56.5. The fourth-order valence-electron chi connectivity index (χ4n) is 0.305. The van der Waals surface area contributed by atoms with Crippen LogP contribution in [0, 0.1) is 0 Å². The fourth-order valence-corrected chi connectivity index (χ4v) is 0.571. The van der Waals surface area contributed by atoms with Crippen LogP contribution in [0.5, 0.6) is 0 Å². The van der Waals surface area contributed by atoms with E-state index in [4.69, 9.17) is 8.27 Å². The first-order chi connectivity index (χ1) is 6.05. The molecule has 1 aliphatic heterocycles. The average Bonchev–Trinajstić information content (AvgIpc) is 2.01. The Morgan fingerprint density at radius 2 is 3.12 bits per heavy atom. The van der Waals surface area contributed by atoms with Crippen LogP contribution in [0.3, 0.4) is 0 Å². The highest BCUT2D eigenvalue weighted by molar-refractivity contribution is 9.09. The highest BCUT2D eigenvalue weighted by Crippen LogP contribution is 2.13. The fraction of sp³-hybridized carbons (Fsp3) is 0.600. The summed E-state index contributed by atoms with van der Waals surface area (Å²) in [5.74, 6) is 0. The highest BCUT2D eigenvalue weighted by atomic mass is 79.9. The third-order valence-electron chi connectivity index (χ3n) is 0.582. The second kappa shape index (κ2) is 2.49. The van der Waals surface area contributed by atoms with E-state index in [9.17, 15) is 4.39 Å². The minimum Gasteiger partial charge on any atom is -0.362 e. The summed E-state index contributed by atoms with van der Waals surface area (Å²) in [4.78, 5) is -2.35. The number of rotatable bonds is 0. The molecule has 2 atom stereocenters. The molecule has 0 aromatic heterocycles. The molecule has 1 heterocycles. The Hall–Kier alpha value is -0.0500. The van der Waals surface area contributed by atoms with Gasteiger partial charge in [0.25, 0.3) is 0 Å². The van der Waals surface area contributed by atoms with Gasteiger partial charge >= 0.3 is 0 Å². The molecule has 0 saturated carbocycles. The van der Waals surface area contributed by atoms with Gasteiger partial charge in [0, 0.05) is 15.3 Å². The molecule has 46 valence electrons. The molecule has 0 saturated heterocycles. The standard InChI is InChI=1S/C5H7BrFN/c6-4-1-2-8-5(7)3-4/h1-2,4-5,8H,3H2/i1D,3D2,4D,5D/hD. The first-order valence-corrected chi connectivity index (χ1v) is 2.69. The van der Waals surface area contributed by atoms with Gasteiger partial charge in [-0.3, -0.25) is 0 Å². The van der Waals surface area contributed by atoms with Gasteiger partial charge in [-0.25, -0.2) is 4.39 Å². The lowest BCUT2D eigenvalue weighted by atomic mass is 10.2. The maximum Gasteiger partial charge on any atom is 0.171 e. The molecule has 0 fully saturated rings. The van der Waals surface area contributed by atoms with Crippen molar-refractivity contribution in [2.24, 2.45) is 0 Å². The van der Waals surface area contributed by atoms with Crippen LogP contribution in [0.15, 0.2) is 12.3 Å². The molecule has 1 N–H and O–H groups in total. The Balaban J connectivity index is 3.35. The van der Waals surface area contributed by atoms with Gasteiger partial charge in [0.2, 0.25) is 0 Å². The Bertz CT molecular complexity index is 290. The van der Waals surface area contributed by atoms with Gasteiger partial charge in [-0.1, -0.05) is 22.0 Å². The molecular weight excluding hydrogens is 173 g/mol. The monoisotopic (exact) mass is 185 g/mol. The lowest BCUT2D eigenvalue weighted by molar-refractivity contribution is 0.281. The molecule has 1 aliphatic rings. The summed E-state index contributed by atoms with van der Waals surface area (Å²) in [6.07, 6.45) is -5.83. The molecule has 0 aromatic rings. The lowest BCUT2D eigenvalue weighted by Gasteiger charge is -2.15. The van der Waals surface area contributed by atoms with E-state index in [1.54, 1.807) is 0 Å². The summed E-state index contributed by atoms with van der Waals surface area (Å²) in [5, 5.41) is -0.108. The number of hydrogen-bond donors (Lipinski definition) is 1. The van der Waals surface area contributed by atoms with Crippen molar-refractivity contribution in [3.05, 3.63) is 12.3 Å². The highest BCUT2D eigenvalue weighted by Gasteiger charge is 2.12. The van der Waals surface area contributed by atoms with Crippen LogP contribution in [-0.2, 0) is 0 Å². The minimum atomic E-state index is -3.40. The molecule has 2 unspecified atom stereocenters. The zero-order valence-corrected chi connectivity index (χ0v) is 5.37. The van der Waals surface area contributed by atoms with Crippen molar-refractivity contribution in [2.75, 3.05) is 0 Å². The molecule has 0 aliphatic carbocycles. The maximum atomic E-state index is 13.5. The Labute approximate surface area is 64.6 Å². The summed E-state index contributed by atoms with van der Waals surface area (Å²) in [6.45, 7) is 0. The molecule has 0 aromatic carbocycles. The number of allylic oxidation sites excluding steroid dienone is 1. The van der Waals surface area contributed by atoms with Crippen LogP contribution in [0.4, 0.5) is 4.39 Å². The van der Waals surface area contributed by atoms with E-state index < -0.39 is 23.5 Å². The minimum absolute atomic E-state index is 0.108. The molecule has 1 nitrogen and oxygen atoms in total. The third kappa shape index (κ3) is 1.47. The van der Waals surface area contributed by atoms with E-state index in [1.807, 2.05) is 0 Å². The molecule has 3 heteroatoms. The molecular formula is C5H7BrFN. The van der Waals surface area contributed by atoms with Crippen LogP contribution in [0.25, 0.3) is 0 Å². The normalized spacial score (nSPS) is 74.8. The first-order valence-electron chi connectivity index (χ1n) is 4.85. The van der Waals surface area contributed by atoms with E-state index in [0.29, 0.717) is 6.20 Å². The van der Waals surface area contributed by atoms with Crippen molar-refractivity contribution in [1.29, 1.82) is 0 Å². The predicted molar refractivity (Wildman–Crippen MR) is 34.5 cm³/mol.